The van der Waals surface area contributed by atoms with Gasteiger partial charge >= 0.3 is 6.18 Å². The van der Waals surface area contributed by atoms with E-state index in [1.807, 2.05) is 12.1 Å². The van der Waals surface area contributed by atoms with Crippen LogP contribution in [-0.4, -0.2) is 20.9 Å². The Labute approximate surface area is 206 Å². The third-order valence-corrected chi connectivity index (χ3v) is 5.51. The fourth-order valence-corrected chi connectivity index (χ4v) is 3.58. The molecule has 4 rings (SSSR count). The Balaban J connectivity index is 1.66. The predicted octanol–water partition coefficient (Wildman–Crippen LogP) is 6.85. The van der Waals surface area contributed by atoms with E-state index in [-0.39, 0.29) is 22.5 Å². The highest BCUT2D eigenvalue weighted by Gasteiger charge is 2.34. The zero-order valence-electron chi connectivity index (χ0n) is 19.9. The van der Waals surface area contributed by atoms with Gasteiger partial charge in [0.25, 0.3) is 5.91 Å². The van der Waals surface area contributed by atoms with Crippen LogP contribution in [0.1, 0.15) is 42.3 Å². The number of aromatic nitrogens is 3. The molecule has 2 aromatic heterocycles. The molecule has 1 amide bonds. The highest BCUT2D eigenvalue weighted by atomic mass is 19.4. The van der Waals surface area contributed by atoms with Crippen LogP contribution in [0.25, 0.3) is 11.3 Å². The van der Waals surface area contributed by atoms with Crippen molar-refractivity contribution in [3.05, 3.63) is 96.1 Å². The number of alkyl halides is 3. The molecule has 0 spiro atoms. The van der Waals surface area contributed by atoms with E-state index in [1.165, 1.54) is 24.8 Å². The van der Waals surface area contributed by atoms with Crippen molar-refractivity contribution in [3.8, 4) is 11.3 Å². The summed E-state index contributed by atoms with van der Waals surface area (Å²) >= 11 is 0. The number of pyridine rings is 1. The van der Waals surface area contributed by atoms with Gasteiger partial charge in [-0.25, -0.2) is 15.0 Å². The molecule has 0 aliphatic carbocycles. The van der Waals surface area contributed by atoms with Gasteiger partial charge in [-0.3, -0.25) is 4.79 Å². The lowest BCUT2D eigenvalue weighted by Gasteiger charge is -2.19. The van der Waals surface area contributed by atoms with Gasteiger partial charge in [-0.1, -0.05) is 32.9 Å². The zero-order valence-corrected chi connectivity index (χ0v) is 19.9. The van der Waals surface area contributed by atoms with Crippen LogP contribution in [0.15, 0.2) is 79.4 Å². The minimum absolute atomic E-state index is 0.0490. The summed E-state index contributed by atoms with van der Waals surface area (Å²) in [5.74, 6) is -0.371. The zero-order chi connectivity index (χ0) is 25.9. The molecule has 2 heterocycles. The van der Waals surface area contributed by atoms with E-state index in [2.05, 4.69) is 46.4 Å². The third kappa shape index (κ3) is 5.68. The van der Waals surface area contributed by atoms with Gasteiger partial charge in [-0.2, -0.15) is 13.2 Å². The first-order chi connectivity index (χ1) is 17.0. The average Bonchev–Trinajstić information content (AvgIpc) is 2.84. The Kier molecular flexibility index (Phi) is 6.74. The van der Waals surface area contributed by atoms with Crippen molar-refractivity contribution in [3.63, 3.8) is 0 Å². The SMILES string of the molecule is CC(C)(C)c1ccc(NC(=O)c2ccc(C(F)(F)F)c(Nc3ncccc3-c3ccncn3)c2)cc1. The first kappa shape index (κ1) is 24.8. The van der Waals surface area contributed by atoms with Crippen molar-refractivity contribution in [2.24, 2.45) is 0 Å². The number of nitrogens with one attached hydrogen (secondary N) is 2. The molecular weight excluding hydrogens is 467 g/mol. The molecule has 0 aliphatic rings. The number of anilines is 3. The average molecular weight is 492 g/mol. The van der Waals surface area contributed by atoms with Crippen LogP contribution in [0.4, 0.5) is 30.4 Å². The summed E-state index contributed by atoms with van der Waals surface area (Å²) in [4.78, 5) is 25.1. The molecule has 0 bridgehead atoms. The monoisotopic (exact) mass is 491 g/mol. The molecule has 2 N–H and O–H groups in total. The molecule has 36 heavy (non-hydrogen) atoms. The van der Waals surface area contributed by atoms with E-state index in [9.17, 15) is 18.0 Å². The minimum atomic E-state index is -4.65. The predicted molar refractivity (Wildman–Crippen MR) is 133 cm³/mol. The maximum absolute atomic E-state index is 13.8. The summed E-state index contributed by atoms with van der Waals surface area (Å²) in [5, 5.41) is 5.50. The molecule has 0 unspecified atom stereocenters. The second-order valence-electron chi connectivity index (χ2n) is 9.16. The van der Waals surface area contributed by atoms with Gasteiger partial charge in [0.05, 0.1) is 16.9 Å². The molecule has 0 fully saturated rings. The van der Waals surface area contributed by atoms with Crippen LogP contribution in [0, 0.1) is 0 Å². The van der Waals surface area contributed by atoms with E-state index >= 15 is 0 Å². The van der Waals surface area contributed by atoms with Crippen molar-refractivity contribution in [2.45, 2.75) is 32.4 Å². The summed E-state index contributed by atoms with van der Waals surface area (Å²) in [6.45, 7) is 6.24. The number of benzene rings is 2. The summed E-state index contributed by atoms with van der Waals surface area (Å²) in [5.41, 5.74) is 1.40. The molecule has 4 aromatic rings. The number of carbonyl (C=O) groups excluding carboxylic acids is 1. The number of nitrogens with zero attached hydrogens (tertiary/aromatic N) is 3. The Morgan fingerprint density at radius 1 is 0.889 bits per heavy atom. The van der Waals surface area contributed by atoms with Crippen molar-refractivity contribution < 1.29 is 18.0 Å². The van der Waals surface area contributed by atoms with Crippen LogP contribution in [0.3, 0.4) is 0 Å². The Morgan fingerprint density at radius 3 is 2.28 bits per heavy atom. The first-order valence-electron chi connectivity index (χ1n) is 11.1. The fraction of sp³-hybridized carbons (Fsp3) is 0.185. The first-order valence-corrected chi connectivity index (χ1v) is 11.1. The van der Waals surface area contributed by atoms with Gasteiger partial charge in [0.15, 0.2) is 0 Å². The lowest BCUT2D eigenvalue weighted by Crippen LogP contribution is -2.15. The highest BCUT2D eigenvalue weighted by Crippen LogP contribution is 2.38. The Bertz CT molecular complexity index is 1370. The number of halogens is 3. The van der Waals surface area contributed by atoms with E-state index in [0.717, 1.165) is 17.7 Å². The lowest BCUT2D eigenvalue weighted by molar-refractivity contribution is -0.136. The topological polar surface area (TPSA) is 79.8 Å². The smallest absolute Gasteiger partial charge is 0.339 e. The second-order valence-corrected chi connectivity index (χ2v) is 9.16. The Morgan fingerprint density at radius 2 is 1.64 bits per heavy atom. The van der Waals surface area contributed by atoms with E-state index in [1.54, 1.807) is 30.3 Å². The number of amides is 1. The molecule has 184 valence electrons. The minimum Gasteiger partial charge on any atom is -0.339 e. The van der Waals surface area contributed by atoms with Gasteiger partial charge in [0.1, 0.15) is 12.1 Å². The van der Waals surface area contributed by atoms with Crippen molar-refractivity contribution in [2.75, 3.05) is 10.6 Å². The Hall–Kier alpha value is -4.27. The summed E-state index contributed by atoms with van der Waals surface area (Å²) in [6.07, 6.45) is -0.326. The fourth-order valence-electron chi connectivity index (χ4n) is 3.58. The van der Waals surface area contributed by atoms with E-state index in [4.69, 9.17) is 0 Å². The van der Waals surface area contributed by atoms with Crippen LogP contribution in [0.2, 0.25) is 0 Å². The summed E-state index contributed by atoms with van der Waals surface area (Å²) < 4.78 is 41.4. The molecule has 6 nitrogen and oxygen atoms in total. The van der Waals surface area contributed by atoms with E-state index < -0.39 is 17.6 Å². The summed E-state index contributed by atoms with van der Waals surface area (Å²) in [6, 6.07) is 15.5. The number of carbonyl (C=O) groups is 1. The second kappa shape index (κ2) is 9.77. The number of rotatable bonds is 5. The molecule has 0 aliphatic heterocycles. The van der Waals surface area contributed by atoms with E-state index in [0.29, 0.717) is 16.9 Å². The van der Waals surface area contributed by atoms with Crippen LogP contribution >= 0.6 is 0 Å². The van der Waals surface area contributed by atoms with Crippen LogP contribution in [-0.2, 0) is 11.6 Å². The van der Waals surface area contributed by atoms with Crippen LogP contribution in [0.5, 0.6) is 0 Å². The van der Waals surface area contributed by atoms with Crippen molar-refractivity contribution >= 4 is 23.1 Å². The number of hydrogen-bond donors (Lipinski definition) is 2. The maximum atomic E-state index is 13.8. The highest BCUT2D eigenvalue weighted by molar-refractivity contribution is 6.05. The lowest BCUT2D eigenvalue weighted by atomic mass is 9.87. The van der Waals surface area contributed by atoms with Gasteiger partial charge in [-0.15, -0.1) is 0 Å². The largest absolute Gasteiger partial charge is 0.418 e. The molecule has 0 atom stereocenters. The molecule has 0 saturated heterocycles. The van der Waals surface area contributed by atoms with Gasteiger partial charge in [-0.05, 0) is 59.5 Å². The standard InChI is InChI=1S/C27H24F3N5O/c1-26(2,3)18-7-9-19(10-8-18)34-25(36)17-6-11-21(27(28,29)30)23(15-17)35-24-20(5-4-13-32-24)22-12-14-31-16-33-22/h4-16H,1-3H3,(H,32,35)(H,34,36). The summed E-state index contributed by atoms with van der Waals surface area (Å²) in [7, 11) is 0. The third-order valence-electron chi connectivity index (χ3n) is 5.51. The van der Waals surface area contributed by atoms with Crippen molar-refractivity contribution in [1.82, 2.24) is 15.0 Å². The number of hydrogen-bond acceptors (Lipinski definition) is 5. The molecule has 0 saturated carbocycles. The maximum Gasteiger partial charge on any atom is 0.418 e. The molecule has 2 aromatic carbocycles. The van der Waals surface area contributed by atoms with Gasteiger partial charge in [0.2, 0.25) is 0 Å². The quantitative estimate of drug-likeness (QED) is 0.319. The van der Waals surface area contributed by atoms with Gasteiger partial charge < -0.3 is 10.6 Å². The van der Waals surface area contributed by atoms with Crippen LogP contribution < -0.4 is 10.6 Å². The van der Waals surface area contributed by atoms with Crippen molar-refractivity contribution in [1.29, 1.82) is 0 Å². The molecule has 0 radical (unpaired) electrons. The normalized spacial score (nSPS) is 11.7. The van der Waals surface area contributed by atoms with Gasteiger partial charge in [0, 0.05) is 29.2 Å². The molecular formula is C27H24F3N5O. The molecule has 9 heteroatoms.